The molecule has 204 valence electrons. The van der Waals surface area contributed by atoms with E-state index >= 15 is 0 Å². The largest absolute Gasteiger partial charge is 0.489 e. The summed E-state index contributed by atoms with van der Waals surface area (Å²) in [5, 5.41) is 7.32. The van der Waals surface area contributed by atoms with Gasteiger partial charge in [0.15, 0.2) is 0 Å². The van der Waals surface area contributed by atoms with Crippen molar-refractivity contribution in [2.45, 2.75) is 20.5 Å². The topological polar surface area (TPSA) is 47.4 Å². The van der Waals surface area contributed by atoms with Gasteiger partial charge in [-0.05, 0) is 64.7 Å². The lowest BCUT2D eigenvalue weighted by Crippen LogP contribution is -2.31. The van der Waals surface area contributed by atoms with E-state index in [1.807, 2.05) is 77.6 Å². The molecule has 1 saturated heterocycles. The average molecular weight is 576 g/mol. The van der Waals surface area contributed by atoms with E-state index < -0.39 is 0 Å². The van der Waals surface area contributed by atoms with Crippen LogP contribution in [-0.2, 0) is 11.4 Å². The Morgan fingerprint density at radius 2 is 1.66 bits per heavy atom. The summed E-state index contributed by atoms with van der Waals surface area (Å²) in [7, 11) is 0. The Hall–Kier alpha value is -4.20. The number of nitrogens with zero attached hydrogens (tertiary/aromatic N) is 3. The van der Waals surface area contributed by atoms with E-state index in [9.17, 15) is 4.79 Å². The molecule has 0 unspecified atom stereocenters. The van der Waals surface area contributed by atoms with Crippen molar-refractivity contribution < 1.29 is 9.53 Å². The Kier molecular flexibility index (Phi) is 7.72. The van der Waals surface area contributed by atoms with Gasteiger partial charge in [-0.15, -0.1) is 0 Å². The minimum atomic E-state index is -0.0516. The van der Waals surface area contributed by atoms with Crippen LogP contribution in [0.2, 0.25) is 0 Å². The van der Waals surface area contributed by atoms with Crippen molar-refractivity contribution in [1.82, 2.24) is 14.7 Å². The second kappa shape index (κ2) is 11.7. The number of thioether (sulfide) groups is 1. The van der Waals surface area contributed by atoms with Gasteiger partial charge in [-0.25, -0.2) is 4.68 Å². The minimum Gasteiger partial charge on any atom is -0.489 e. The highest BCUT2D eigenvalue weighted by molar-refractivity contribution is 8.26. The number of hydrogen-bond donors (Lipinski definition) is 0. The summed E-state index contributed by atoms with van der Waals surface area (Å²) in [4.78, 5) is 15.5. The molecule has 1 amide bonds. The molecule has 41 heavy (non-hydrogen) atoms. The second-order valence-electron chi connectivity index (χ2n) is 10.4. The number of para-hydroxylation sites is 1. The molecule has 0 N–H and O–H groups in total. The van der Waals surface area contributed by atoms with Gasteiger partial charge in [0, 0.05) is 23.9 Å². The van der Waals surface area contributed by atoms with E-state index in [-0.39, 0.29) is 5.91 Å². The fourth-order valence-electron chi connectivity index (χ4n) is 4.88. The van der Waals surface area contributed by atoms with Gasteiger partial charge >= 0.3 is 0 Å². The first-order chi connectivity index (χ1) is 20.0. The molecule has 1 aliphatic rings. The minimum absolute atomic E-state index is 0.0516. The van der Waals surface area contributed by atoms with Crippen LogP contribution in [-0.4, -0.2) is 31.5 Å². The van der Waals surface area contributed by atoms with Crippen LogP contribution < -0.4 is 4.74 Å². The molecule has 0 radical (unpaired) electrons. The number of ether oxygens (including phenoxy) is 1. The van der Waals surface area contributed by atoms with Gasteiger partial charge in [0.05, 0.1) is 16.3 Å². The zero-order chi connectivity index (χ0) is 28.3. The number of aromatic nitrogens is 2. The van der Waals surface area contributed by atoms with Crippen molar-refractivity contribution in [3.05, 3.63) is 119 Å². The first kappa shape index (κ1) is 27.0. The SMILES string of the molecule is CC(C)CN1C(=O)/C(=C/c2cn(-c3ccccc3)nc2-c2ccc(OCc3cccc4ccccc34)cc2)SC1=S. The van der Waals surface area contributed by atoms with Crippen LogP contribution in [0.15, 0.2) is 108 Å². The Morgan fingerprint density at radius 3 is 2.44 bits per heavy atom. The number of thiocarbonyl (C=S) groups is 1. The lowest BCUT2D eigenvalue weighted by molar-refractivity contribution is -0.122. The molecule has 5 nitrogen and oxygen atoms in total. The molecule has 1 fully saturated rings. The van der Waals surface area contributed by atoms with Gasteiger partial charge in [0.1, 0.15) is 16.7 Å². The predicted octanol–water partition coefficient (Wildman–Crippen LogP) is 8.13. The van der Waals surface area contributed by atoms with E-state index in [4.69, 9.17) is 22.1 Å². The fraction of sp³-hybridized carbons (Fsp3) is 0.147. The zero-order valence-corrected chi connectivity index (χ0v) is 24.5. The van der Waals surface area contributed by atoms with E-state index in [2.05, 4.69) is 50.2 Å². The first-order valence-corrected chi connectivity index (χ1v) is 14.8. The van der Waals surface area contributed by atoms with Gasteiger partial charge in [-0.3, -0.25) is 9.69 Å². The van der Waals surface area contributed by atoms with Crippen LogP contribution in [0.5, 0.6) is 5.75 Å². The first-order valence-electron chi connectivity index (χ1n) is 13.6. The number of carbonyl (C=O) groups excluding carboxylic acids is 1. The van der Waals surface area contributed by atoms with Crippen molar-refractivity contribution in [2.75, 3.05) is 6.54 Å². The molecular weight excluding hydrogens is 547 g/mol. The van der Waals surface area contributed by atoms with Gasteiger partial charge < -0.3 is 4.74 Å². The fourth-order valence-corrected chi connectivity index (χ4v) is 6.15. The summed E-state index contributed by atoms with van der Waals surface area (Å²) in [6.45, 7) is 5.25. The monoisotopic (exact) mass is 575 g/mol. The van der Waals surface area contributed by atoms with Crippen molar-refractivity contribution >= 4 is 51.1 Å². The predicted molar refractivity (Wildman–Crippen MR) is 172 cm³/mol. The maximum absolute atomic E-state index is 13.2. The summed E-state index contributed by atoms with van der Waals surface area (Å²) >= 11 is 6.88. The van der Waals surface area contributed by atoms with E-state index in [1.165, 1.54) is 22.5 Å². The number of rotatable bonds is 8. The van der Waals surface area contributed by atoms with Crippen LogP contribution in [0.3, 0.4) is 0 Å². The molecular formula is C34H29N3O2S2. The Labute approximate surface area is 249 Å². The summed E-state index contributed by atoms with van der Waals surface area (Å²) < 4.78 is 8.61. The molecule has 1 aliphatic heterocycles. The Bertz CT molecular complexity index is 1750. The number of carbonyl (C=O) groups is 1. The molecule has 7 heteroatoms. The van der Waals surface area contributed by atoms with Crippen molar-refractivity contribution in [3.63, 3.8) is 0 Å². The molecule has 6 rings (SSSR count). The third kappa shape index (κ3) is 5.82. The molecule has 0 atom stereocenters. The molecule has 1 aromatic heterocycles. The Morgan fingerprint density at radius 1 is 0.927 bits per heavy atom. The smallest absolute Gasteiger partial charge is 0.266 e. The summed E-state index contributed by atoms with van der Waals surface area (Å²) in [5.41, 5.74) is 4.65. The van der Waals surface area contributed by atoms with Gasteiger partial charge in [0.25, 0.3) is 5.91 Å². The lowest BCUT2D eigenvalue weighted by atomic mass is 10.1. The normalized spacial score (nSPS) is 14.5. The third-order valence-corrected chi connectivity index (χ3v) is 8.25. The van der Waals surface area contributed by atoms with Gasteiger partial charge in [-0.2, -0.15) is 5.10 Å². The van der Waals surface area contributed by atoms with Crippen molar-refractivity contribution in [3.8, 4) is 22.7 Å². The quantitative estimate of drug-likeness (QED) is 0.138. The van der Waals surface area contributed by atoms with E-state index in [1.54, 1.807) is 4.90 Å². The molecule has 0 spiro atoms. The number of benzene rings is 4. The van der Waals surface area contributed by atoms with Gasteiger partial charge in [0.2, 0.25) is 0 Å². The molecule has 0 bridgehead atoms. The lowest BCUT2D eigenvalue weighted by Gasteiger charge is -2.16. The van der Waals surface area contributed by atoms with Crippen LogP contribution >= 0.6 is 24.0 Å². The van der Waals surface area contributed by atoms with Crippen molar-refractivity contribution in [1.29, 1.82) is 0 Å². The highest BCUT2D eigenvalue weighted by Crippen LogP contribution is 2.35. The number of fused-ring (bicyclic) bond motifs is 1. The van der Waals surface area contributed by atoms with Crippen LogP contribution in [0.4, 0.5) is 0 Å². The van der Waals surface area contributed by atoms with Crippen LogP contribution in [0.1, 0.15) is 25.0 Å². The summed E-state index contributed by atoms with van der Waals surface area (Å²) in [6, 6.07) is 32.5. The van der Waals surface area contributed by atoms with E-state index in [0.717, 1.165) is 33.8 Å². The molecule has 0 aliphatic carbocycles. The van der Waals surface area contributed by atoms with Crippen molar-refractivity contribution in [2.24, 2.45) is 5.92 Å². The number of amides is 1. The highest BCUT2D eigenvalue weighted by atomic mass is 32.2. The molecule has 5 aromatic rings. The number of hydrogen-bond acceptors (Lipinski definition) is 5. The standard InChI is InChI=1S/C34H29N3O2S2/c1-23(2)20-36-33(38)31(41-34(36)40)19-27-21-37(28-12-4-3-5-13-28)35-32(27)25-15-17-29(18-16-25)39-22-26-11-8-10-24-9-6-7-14-30(24)26/h3-19,21,23H,20,22H2,1-2H3/b31-19-. The molecule has 4 aromatic carbocycles. The summed E-state index contributed by atoms with van der Waals surface area (Å²) in [5.74, 6) is 1.05. The zero-order valence-electron chi connectivity index (χ0n) is 22.9. The maximum Gasteiger partial charge on any atom is 0.266 e. The van der Waals surface area contributed by atoms with Gasteiger partial charge in [-0.1, -0.05) is 98.5 Å². The summed E-state index contributed by atoms with van der Waals surface area (Å²) in [6.07, 6.45) is 3.87. The third-order valence-electron chi connectivity index (χ3n) is 6.87. The average Bonchev–Trinajstić information content (AvgIpc) is 3.53. The van der Waals surface area contributed by atoms with Crippen LogP contribution in [0, 0.1) is 5.92 Å². The highest BCUT2D eigenvalue weighted by Gasteiger charge is 2.32. The maximum atomic E-state index is 13.2. The second-order valence-corrected chi connectivity index (χ2v) is 12.0. The van der Waals surface area contributed by atoms with E-state index in [0.29, 0.717) is 28.3 Å². The molecule has 0 saturated carbocycles. The molecule has 2 heterocycles. The van der Waals surface area contributed by atoms with Crippen LogP contribution in [0.25, 0.3) is 33.8 Å². The Balaban J connectivity index is 1.29.